The van der Waals surface area contributed by atoms with Crippen molar-refractivity contribution in [3.05, 3.63) is 48.1 Å². The second kappa shape index (κ2) is 9.60. The Bertz CT molecular complexity index is 976. The maximum atomic E-state index is 12.8. The third-order valence-corrected chi connectivity index (χ3v) is 6.12. The van der Waals surface area contributed by atoms with Crippen molar-refractivity contribution in [1.82, 2.24) is 15.2 Å². The van der Waals surface area contributed by atoms with E-state index in [2.05, 4.69) is 26.9 Å². The van der Waals surface area contributed by atoms with Crippen LogP contribution in [0.5, 0.6) is 0 Å². The first-order chi connectivity index (χ1) is 13.8. The molecule has 0 unspecified atom stereocenters. The van der Waals surface area contributed by atoms with Gasteiger partial charge in [0, 0.05) is 18.4 Å². The van der Waals surface area contributed by atoms with E-state index in [1.165, 1.54) is 12.3 Å². The number of aliphatic imine (C=N–C) groups is 2. The van der Waals surface area contributed by atoms with E-state index in [0.717, 1.165) is 0 Å². The van der Waals surface area contributed by atoms with Crippen LogP contribution in [-0.2, 0) is 21.2 Å². The van der Waals surface area contributed by atoms with Gasteiger partial charge in [0.25, 0.3) is 5.91 Å². The molecule has 0 fully saturated rings. The number of likely N-dealkylation sites (N-methyl/N-ethyl adjacent to an activating group) is 1. The summed E-state index contributed by atoms with van der Waals surface area (Å²) in [6.45, 7) is 11.8. The molecule has 0 bridgehead atoms. The fraction of sp³-hybridized carbons (Fsp3) is 0.400. The molecule has 9 heteroatoms. The van der Waals surface area contributed by atoms with Gasteiger partial charge < -0.3 is 5.32 Å². The van der Waals surface area contributed by atoms with Crippen LogP contribution in [0.1, 0.15) is 39.8 Å². The maximum absolute atomic E-state index is 12.8. The number of nitrogens with zero attached hydrogens (tertiary/aromatic N) is 4. The number of carbonyl (C=O) groups is 1. The molecule has 1 aliphatic rings. The molecule has 1 N–H and O–H groups in total. The van der Waals surface area contributed by atoms with Crippen molar-refractivity contribution >= 4 is 27.4 Å². The molecule has 1 aromatic rings. The summed E-state index contributed by atoms with van der Waals surface area (Å²) in [7, 11) is -3.29. The number of amides is 1. The minimum absolute atomic E-state index is 0.0188. The Morgan fingerprint density at radius 2 is 2.03 bits per heavy atom. The van der Waals surface area contributed by atoms with Crippen molar-refractivity contribution in [3.8, 4) is 0 Å². The molecule has 0 aromatic carbocycles. The van der Waals surface area contributed by atoms with Crippen LogP contribution in [0.2, 0.25) is 0 Å². The van der Waals surface area contributed by atoms with Crippen LogP contribution in [0.15, 0.2) is 57.3 Å². The normalized spacial score (nSPS) is 17.6. The SMILES string of the molecule is C=C(CC)/N=C1\C(=C/C)N=C(NCc2ccc(S(=O)(=O)CC)cn2)C(=O)N1CC. The Labute approximate surface area is 172 Å². The zero-order valence-corrected chi connectivity index (χ0v) is 18.1. The standard InChI is InChI=1S/C20H27N5O3S/c1-6-14(5)23-19-17(7-2)24-18(20(26)25(19)8-3)22-12-15-10-11-16(13-21-15)29(27,28)9-4/h7,10-11,13H,5-6,8-9,12H2,1-4H3,(H,22,24)/b17-7+,23-19+. The summed E-state index contributed by atoms with van der Waals surface area (Å²) in [4.78, 5) is 27.6. The number of hydrogen-bond acceptors (Lipinski definition) is 7. The first kappa shape index (κ1) is 22.5. The smallest absolute Gasteiger partial charge is 0.294 e. The zero-order chi connectivity index (χ0) is 21.6. The largest absolute Gasteiger partial charge is 0.360 e. The third kappa shape index (κ3) is 5.17. The second-order valence-corrected chi connectivity index (χ2v) is 8.56. The van der Waals surface area contributed by atoms with Crippen LogP contribution in [-0.4, -0.2) is 48.2 Å². The minimum Gasteiger partial charge on any atom is -0.360 e. The summed E-state index contributed by atoms with van der Waals surface area (Å²) in [5.74, 6) is 0.411. The fourth-order valence-electron chi connectivity index (χ4n) is 2.57. The lowest BCUT2D eigenvalue weighted by Crippen LogP contribution is -2.49. The van der Waals surface area contributed by atoms with Crippen LogP contribution in [0.25, 0.3) is 0 Å². The quantitative estimate of drug-likeness (QED) is 0.734. The highest BCUT2D eigenvalue weighted by Gasteiger charge is 2.30. The van der Waals surface area contributed by atoms with Gasteiger partial charge in [0.15, 0.2) is 21.5 Å². The number of carbonyl (C=O) groups excluding carboxylic acids is 1. The van der Waals surface area contributed by atoms with Crippen molar-refractivity contribution in [2.45, 2.75) is 45.6 Å². The van der Waals surface area contributed by atoms with Crippen molar-refractivity contribution in [3.63, 3.8) is 0 Å². The molecule has 0 saturated carbocycles. The number of rotatable bonds is 7. The van der Waals surface area contributed by atoms with Gasteiger partial charge in [0.1, 0.15) is 5.70 Å². The van der Waals surface area contributed by atoms with Crippen LogP contribution >= 0.6 is 0 Å². The molecule has 0 saturated heterocycles. The summed E-state index contributed by atoms with van der Waals surface area (Å²) in [5, 5.41) is 3.00. The molecule has 0 aliphatic carbocycles. The number of hydrogen-bond donors (Lipinski definition) is 1. The molecule has 0 atom stereocenters. The van der Waals surface area contributed by atoms with Crippen molar-refractivity contribution in [2.75, 3.05) is 12.3 Å². The van der Waals surface area contributed by atoms with E-state index in [-0.39, 0.29) is 28.9 Å². The summed E-state index contributed by atoms with van der Waals surface area (Å²) in [6, 6.07) is 3.14. The molecule has 0 spiro atoms. The van der Waals surface area contributed by atoms with E-state index in [0.29, 0.717) is 35.9 Å². The van der Waals surface area contributed by atoms with Gasteiger partial charge in [0.2, 0.25) is 0 Å². The van der Waals surface area contributed by atoms with Gasteiger partial charge in [0.05, 0.1) is 22.9 Å². The number of pyridine rings is 1. The molecule has 1 aliphatic heterocycles. The topological polar surface area (TPSA) is 104 Å². The molecule has 1 aromatic heterocycles. The average molecular weight is 418 g/mol. The Morgan fingerprint density at radius 3 is 2.55 bits per heavy atom. The first-order valence-corrected chi connectivity index (χ1v) is 11.2. The highest BCUT2D eigenvalue weighted by Crippen LogP contribution is 2.16. The Morgan fingerprint density at radius 1 is 1.31 bits per heavy atom. The lowest BCUT2D eigenvalue weighted by molar-refractivity contribution is -0.120. The van der Waals surface area contributed by atoms with Crippen LogP contribution in [0, 0.1) is 0 Å². The number of aromatic nitrogens is 1. The lowest BCUT2D eigenvalue weighted by Gasteiger charge is -2.28. The van der Waals surface area contributed by atoms with E-state index < -0.39 is 9.84 Å². The zero-order valence-electron chi connectivity index (χ0n) is 17.3. The molecule has 2 heterocycles. The molecule has 8 nitrogen and oxygen atoms in total. The predicted octanol–water partition coefficient (Wildman–Crippen LogP) is 2.45. The van der Waals surface area contributed by atoms with Gasteiger partial charge in [-0.15, -0.1) is 0 Å². The summed E-state index contributed by atoms with van der Waals surface area (Å²) < 4.78 is 23.8. The lowest BCUT2D eigenvalue weighted by atomic mass is 10.2. The van der Waals surface area contributed by atoms with Gasteiger partial charge in [-0.3, -0.25) is 14.7 Å². The van der Waals surface area contributed by atoms with Gasteiger partial charge >= 0.3 is 0 Å². The van der Waals surface area contributed by atoms with Crippen LogP contribution < -0.4 is 5.32 Å². The minimum atomic E-state index is -3.29. The average Bonchev–Trinajstić information content (AvgIpc) is 2.73. The van der Waals surface area contributed by atoms with Gasteiger partial charge in [-0.1, -0.05) is 26.5 Å². The van der Waals surface area contributed by atoms with E-state index in [9.17, 15) is 13.2 Å². The summed E-state index contributed by atoms with van der Waals surface area (Å²) in [5.41, 5.74) is 1.85. The monoisotopic (exact) mass is 417 g/mol. The van der Waals surface area contributed by atoms with E-state index in [1.807, 2.05) is 20.8 Å². The number of nitrogens with one attached hydrogen (secondary N) is 1. The maximum Gasteiger partial charge on any atom is 0.294 e. The molecule has 2 rings (SSSR count). The highest BCUT2D eigenvalue weighted by molar-refractivity contribution is 7.91. The first-order valence-electron chi connectivity index (χ1n) is 9.52. The van der Waals surface area contributed by atoms with E-state index in [4.69, 9.17) is 0 Å². The van der Waals surface area contributed by atoms with Crippen molar-refractivity contribution < 1.29 is 13.2 Å². The van der Waals surface area contributed by atoms with Gasteiger partial charge in [-0.2, -0.15) is 0 Å². The fourth-order valence-corrected chi connectivity index (χ4v) is 3.39. The van der Waals surface area contributed by atoms with Crippen molar-refractivity contribution in [2.24, 2.45) is 9.98 Å². The number of amidine groups is 2. The molecular weight excluding hydrogens is 390 g/mol. The third-order valence-electron chi connectivity index (χ3n) is 4.40. The van der Waals surface area contributed by atoms with E-state index in [1.54, 1.807) is 24.0 Å². The number of allylic oxidation sites excluding steroid dienone is 2. The highest BCUT2D eigenvalue weighted by atomic mass is 32.2. The van der Waals surface area contributed by atoms with Gasteiger partial charge in [-0.25, -0.2) is 18.4 Å². The van der Waals surface area contributed by atoms with Gasteiger partial charge in [-0.05, 0) is 32.4 Å². The predicted molar refractivity (Wildman–Crippen MR) is 114 cm³/mol. The molecule has 0 radical (unpaired) electrons. The Hall–Kier alpha value is -2.81. The Balaban J connectivity index is 2.23. The van der Waals surface area contributed by atoms with Crippen LogP contribution in [0.4, 0.5) is 0 Å². The summed E-state index contributed by atoms with van der Waals surface area (Å²) in [6.07, 6.45) is 3.80. The summed E-state index contributed by atoms with van der Waals surface area (Å²) >= 11 is 0. The molecular formula is C20H27N5O3S. The molecule has 156 valence electrons. The van der Waals surface area contributed by atoms with Crippen LogP contribution in [0.3, 0.4) is 0 Å². The molecule has 1 amide bonds. The number of sulfone groups is 1. The van der Waals surface area contributed by atoms with Crippen molar-refractivity contribution in [1.29, 1.82) is 0 Å². The molecule has 29 heavy (non-hydrogen) atoms. The van der Waals surface area contributed by atoms with E-state index >= 15 is 0 Å². The second-order valence-electron chi connectivity index (χ2n) is 6.28. The Kier molecular flexibility index (Phi) is 7.44.